The van der Waals surface area contributed by atoms with E-state index in [2.05, 4.69) is 51.2 Å². The summed E-state index contributed by atoms with van der Waals surface area (Å²) in [5.41, 5.74) is 8.10. The Labute approximate surface area is 167 Å². The van der Waals surface area contributed by atoms with E-state index in [0.717, 1.165) is 22.5 Å². The number of rotatable bonds is 4. The fourth-order valence-electron chi connectivity index (χ4n) is 3.79. The van der Waals surface area contributed by atoms with Gasteiger partial charge in [0.15, 0.2) is 0 Å². The molecule has 4 heteroatoms. The third-order valence-corrected chi connectivity index (χ3v) is 5.51. The highest BCUT2D eigenvalue weighted by Gasteiger charge is 2.29. The average Bonchev–Trinajstić information content (AvgIpc) is 3.02. The standard InChI is InChI=1S/C24H30N2O2/c1-7-15(4)20-11-18(9-8-16(20)5)26-22(13-25-24(26)28)21-12-19(14(2)3)17(6)10-23(21)27/h7-14,24-25,27-28H,1-6H3/b15-7-. The smallest absolute Gasteiger partial charge is 0.209 e. The number of hydrogen-bond acceptors (Lipinski definition) is 4. The van der Waals surface area contributed by atoms with Crippen LogP contribution in [-0.4, -0.2) is 16.6 Å². The van der Waals surface area contributed by atoms with Gasteiger partial charge in [-0.3, -0.25) is 4.90 Å². The van der Waals surface area contributed by atoms with E-state index >= 15 is 0 Å². The first-order valence-corrected chi connectivity index (χ1v) is 9.76. The molecule has 3 N–H and O–H groups in total. The molecule has 28 heavy (non-hydrogen) atoms. The highest BCUT2D eigenvalue weighted by Crippen LogP contribution is 2.38. The SMILES string of the molecule is C/C=C(/C)c1cc(N2C(c3cc(C(C)C)c(C)cc3O)=CNC2O)ccc1C. The lowest BCUT2D eigenvalue weighted by Gasteiger charge is -2.27. The van der Waals surface area contributed by atoms with Gasteiger partial charge in [-0.2, -0.15) is 0 Å². The zero-order valence-corrected chi connectivity index (χ0v) is 17.5. The Kier molecular flexibility index (Phi) is 5.52. The number of allylic oxidation sites excluding steroid dienone is 2. The third-order valence-electron chi connectivity index (χ3n) is 5.51. The molecule has 0 aliphatic carbocycles. The molecule has 1 heterocycles. The predicted octanol–water partition coefficient (Wildman–Crippen LogP) is 5.24. The third kappa shape index (κ3) is 3.52. The molecule has 4 nitrogen and oxygen atoms in total. The minimum Gasteiger partial charge on any atom is -0.507 e. The lowest BCUT2D eigenvalue weighted by molar-refractivity contribution is 0.169. The first-order valence-electron chi connectivity index (χ1n) is 9.76. The van der Waals surface area contributed by atoms with Crippen LogP contribution in [0.2, 0.25) is 0 Å². The number of aliphatic hydroxyl groups excluding tert-OH is 1. The van der Waals surface area contributed by atoms with Crippen LogP contribution >= 0.6 is 0 Å². The number of aliphatic hydroxyl groups is 1. The van der Waals surface area contributed by atoms with Gasteiger partial charge < -0.3 is 15.5 Å². The van der Waals surface area contributed by atoms with Crippen LogP contribution in [0.3, 0.4) is 0 Å². The van der Waals surface area contributed by atoms with Crippen molar-refractivity contribution in [2.75, 3.05) is 4.90 Å². The largest absolute Gasteiger partial charge is 0.507 e. The van der Waals surface area contributed by atoms with E-state index in [1.807, 2.05) is 30.9 Å². The van der Waals surface area contributed by atoms with E-state index in [1.165, 1.54) is 16.7 Å². The lowest BCUT2D eigenvalue weighted by Crippen LogP contribution is -2.36. The Balaban J connectivity index is 2.11. The van der Waals surface area contributed by atoms with Gasteiger partial charge in [-0.15, -0.1) is 0 Å². The van der Waals surface area contributed by atoms with Gasteiger partial charge in [0, 0.05) is 17.5 Å². The summed E-state index contributed by atoms with van der Waals surface area (Å²) in [6, 6.07) is 9.98. The maximum atomic E-state index is 10.6. The molecule has 1 unspecified atom stereocenters. The van der Waals surface area contributed by atoms with Gasteiger partial charge in [0.2, 0.25) is 6.35 Å². The van der Waals surface area contributed by atoms with Crippen molar-refractivity contribution in [3.8, 4) is 5.75 Å². The highest BCUT2D eigenvalue weighted by atomic mass is 16.3. The minimum atomic E-state index is -0.889. The van der Waals surface area contributed by atoms with Gasteiger partial charge in [0.1, 0.15) is 5.75 Å². The van der Waals surface area contributed by atoms with Crippen molar-refractivity contribution >= 4 is 17.0 Å². The van der Waals surface area contributed by atoms with Crippen LogP contribution in [-0.2, 0) is 0 Å². The molecule has 0 bridgehead atoms. The van der Waals surface area contributed by atoms with Crippen LogP contribution < -0.4 is 10.2 Å². The second-order valence-corrected chi connectivity index (χ2v) is 7.79. The summed E-state index contributed by atoms with van der Waals surface area (Å²) in [5.74, 6) is 0.557. The van der Waals surface area contributed by atoms with Gasteiger partial charge in [0.25, 0.3) is 0 Å². The fraction of sp³-hybridized carbons (Fsp3) is 0.333. The number of phenols is 1. The number of hydrogen-bond donors (Lipinski definition) is 3. The zero-order valence-electron chi connectivity index (χ0n) is 17.5. The first-order chi connectivity index (χ1) is 13.2. The van der Waals surface area contributed by atoms with Crippen molar-refractivity contribution in [2.24, 2.45) is 0 Å². The number of benzene rings is 2. The Morgan fingerprint density at radius 3 is 2.50 bits per heavy atom. The van der Waals surface area contributed by atoms with Crippen LogP contribution in [0.4, 0.5) is 5.69 Å². The molecular weight excluding hydrogens is 348 g/mol. The topological polar surface area (TPSA) is 55.7 Å². The molecule has 2 aromatic carbocycles. The molecule has 1 aliphatic rings. The van der Waals surface area contributed by atoms with Crippen molar-refractivity contribution in [3.05, 3.63) is 70.4 Å². The summed E-state index contributed by atoms with van der Waals surface area (Å²) < 4.78 is 0. The summed E-state index contributed by atoms with van der Waals surface area (Å²) in [6.07, 6.45) is 2.96. The number of phenolic OH excluding ortho intramolecular Hbond substituents is 1. The first kappa shape index (κ1) is 20.0. The minimum absolute atomic E-state index is 0.214. The van der Waals surface area contributed by atoms with E-state index in [1.54, 1.807) is 12.3 Å². The number of aryl methyl sites for hydroxylation is 2. The van der Waals surface area contributed by atoms with E-state index in [9.17, 15) is 10.2 Å². The molecule has 0 saturated heterocycles. The molecule has 1 atom stereocenters. The Morgan fingerprint density at radius 2 is 1.86 bits per heavy atom. The summed E-state index contributed by atoms with van der Waals surface area (Å²) >= 11 is 0. The Bertz CT molecular complexity index is 957. The molecule has 148 valence electrons. The number of nitrogens with one attached hydrogen (secondary N) is 1. The maximum absolute atomic E-state index is 10.6. The molecule has 0 radical (unpaired) electrons. The molecule has 3 rings (SSSR count). The predicted molar refractivity (Wildman–Crippen MR) is 117 cm³/mol. The molecule has 0 spiro atoms. The van der Waals surface area contributed by atoms with Crippen molar-refractivity contribution in [3.63, 3.8) is 0 Å². The van der Waals surface area contributed by atoms with Gasteiger partial charge in [0.05, 0.1) is 5.70 Å². The van der Waals surface area contributed by atoms with E-state index in [-0.39, 0.29) is 5.75 Å². The molecular formula is C24H30N2O2. The molecule has 0 amide bonds. The number of anilines is 1. The zero-order chi connectivity index (χ0) is 20.6. The van der Waals surface area contributed by atoms with E-state index in [0.29, 0.717) is 11.5 Å². The van der Waals surface area contributed by atoms with Crippen molar-refractivity contribution < 1.29 is 10.2 Å². The average molecular weight is 379 g/mol. The van der Waals surface area contributed by atoms with Gasteiger partial charge in [-0.05, 0) is 85.7 Å². The van der Waals surface area contributed by atoms with Gasteiger partial charge in [-0.25, -0.2) is 0 Å². The summed E-state index contributed by atoms with van der Waals surface area (Å²) in [7, 11) is 0. The van der Waals surface area contributed by atoms with E-state index < -0.39 is 6.35 Å². The van der Waals surface area contributed by atoms with Gasteiger partial charge in [-0.1, -0.05) is 26.0 Å². The Hall–Kier alpha value is -2.72. The second kappa shape index (κ2) is 7.72. The lowest BCUT2D eigenvalue weighted by atomic mass is 9.94. The quantitative estimate of drug-likeness (QED) is 0.681. The molecule has 2 aromatic rings. The van der Waals surface area contributed by atoms with Crippen LogP contribution in [0.25, 0.3) is 11.3 Å². The Morgan fingerprint density at radius 1 is 1.14 bits per heavy atom. The van der Waals surface area contributed by atoms with Crippen molar-refractivity contribution in [1.29, 1.82) is 0 Å². The summed E-state index contributed by atoms with van der Waals surface area (Å²) in [6.45, 7) is 12.5. The molecule has 0 saturated carbocycles. The normalized spacial score (nSPS) is 17.1. The fourth-order valence-corrected chi connectivity index (χ4v) is 3.79. The monoisotopic (exact) mass is 378 g/mol. The maximum Gasteiger partial charge on any atom is 0.209 e. The van der Waals surface area contributed by atoms with Crippen LogP contribution in [0.15, 0.2) is 42.6 Å². The van der Waals surface area contributed by atoms with Crippen molar-refractivity contribution in [2.45, 2.75) is 53.8 Å². The highest BCUT2D eigenvalue weighted by molar-refractivity contribution is 5.85. The van der Waals surface area contributed by atoms with Crippen LogP contribution in [0.1, 0.15) is 61.4 Å². The van der Waals surface area contributed by atoms with Crippen LogP contribution in [0, 0.1) is 13.8 Å². The number of aromatic hydroxyl groups is 1. The van der Waals surface area contributed by atoms with Gasteiger partial charge >= 0.3 is 0 Å². The number of nitrogens with zero attached hydrogens (tertiary/aromatic N) is 1. The molecule has 1 aliphatic heterocycles. The molecule has 0 aromatic heterocycles. The summed E-state index contributed by atoms with van der Waals surface area (Å²) in [4.78, 5) is 1.82. The van der Waals surface area contributed by atoms with E-state index in [4.69, 9.17) is 0 Å². The van der Waals surface area contributed by atoms with Crippen LogP contribution in [0.5, 0.6) is 5.75 Å². The second-order valence-electron chi connectivity index (χ2n) is 7.79. The van der Waals surface area contributed by atoms with Crippen molar-refractivity contribution in [1.82, 2.24) is 5.32 Å². The molecule has 0 fully saturated rings. The summed E-state index contributed by atoms with van der Waals surface area (Å²) in [5, 5.41) is 24.2.